The molecule has 0 aliphatic rings. The first-order chi connectivity index (χ1) is 8.15. The van der Waals surface area contributed by atoms with Crippen molar-refractivity contribution < 1.29 is 4.74 Å². The van der Waals surface area contributed by atoms with E-state index in [-0.39, 0.29) is 0 Å². The van der Waals surface area contributed by atoms with Crippen LogP contribution in [0.2, 0.25) is 0 Å². The number of aryl methyl sites for hydroxylation is 2. The molecular weight excluding hydrogens is 210 g/mol. The van der Waals surface area contributed by atoms with E-state index >= 15 is 0 Å². The second-order valence-corrected chi connectivity index (χ2v) is 4.66. The summed E-state index contributed by atoms with van der Waals surface area (Å²) in [4.78, 5) is 0. The Morgan fingerprint density at radius 1 is 1.12 bits per heavy atom. The number of rotatable bonds is 7. The van der Waals surface area contributed by atoms with Gasteiger partial charge in [0.2, 0.25) is 0 Å². The minimum absolute atomic E-state index is 0.792. The summed E-state index contributed by atoms with van der Waals surface area (Å²) in [5, 5.41) is 3.38. The first kappa shape index (κ1) is 14.0. The molecule has 96 valence electrons. The van der Waals surface area contributed by atoms with Crippen LogP contribution in [0.1, 0.15) is 36.5 Å². The lowest BCUT2D eigenvalue weighted by Crippen LogP contribution is -2.18. The summed E-state index contributed by atoms with van der Waals surface area (Å²) in [5.41, 5.74) is 3.84. The molecule has 0 aliphatic carbocycles. The molecule has 0 aliphatic heterocycles. The topological polar surface area (TPSA) is 21.3 Å². The lowest BCUT2D eigenvalue weighted by molar-refractivity contribution is 0.306. The van der Waals surface area contributed by atoms with Crippen LogP contribution >= 0.6 is 0 Å². The summed E-state index contributed by atoms with van der Waals surface area (Å²) in [7, 11) is 0. The first-order valence-electron chi connectivity index (χ1n) is 6.56. The van der Waals surface area contributed by atoms with E-state index in [4.69, 9.17) is 4.74 Å². The fourth-order valence-corrected chi connectivity index (χ4v) is 1.83. The van der Waals surface area contributed by atoms with E-state index in [1.165, 1.54) is 23.1 Å². The molecule has 1 aromatic rings. The molecule has 0 radical (unpaired) electrons. The maximum absolute atomic E-state index is 5.84. The monoisotopic (exact) mass is 235 g/mol. The third kappa shape index (κ3) is 4.78. The van der Waals surface area contributed by atoms with Gasteiger partial charge in [0.25, 0.3) is 0 Å². The van der Waals surface area contributed by atoms with Crippen LogP contribution in [-0.4, -0.2) is 19.7 Å². The zero-order valence-corrected chi connectivity index (χ0v) is 11.6. The Morgan fingerprint density at radius 3 is 2.59 bits per heavy atom. The Labute approximate surface area is 105 Å². The average molecular weight is 235 g/mol. The molecule has 2 nitrogen and oxygen atoms in total. The van der Waals surface area contributed by atoms with Gasteiger partial charge in [-0.15, -0.1) is 0 Å². The molecule has 0 aromatic heterocycles. The van der Waals surface area contributed by atoms with Crippen molar-refractivity contribution in [3.63, 3.8) is 0 Å². The Morgan fingerprint density at radius 2 is 1.88 bits per heavy atom. The SMILES string of the molecule is CCCNCCCOc1cc(C)cc(C)c1C. The summed E-state index contributed by atoms with van der Waals surface area (Å²) >= 11 is 0. The molecular formula is C15H25NO. The van der Waals surface area contributed by atoms with Crippen molar-refractivity contribution in [3.8, 4) is 5.75 Å². The predicted octanol–water partition coefficient (Wildman–Crippen LogP) is 3.38. The third-order valence-corrected chi connectivity index (χ3v) is 2.95. The lowest BCUT2D eigenvalue weighted by atomic mass is 10.1. The summed E-state index contributed by atoms with van der Waals surface area (Å²) in [5.74, 6) is 1.04. The molecule has 0 atom stereocenters. The Balaban J connectivity index is 2.36. The van der Waals surface area contributed by atoms with Gasteiger partial charge in [0.1, 0.15) is 5.75 Å². The van der Waals surface area contributed by atoms with Crippen LogP contribution in [0.3, 0.4) is 0 Å². The molecule has 0 spiro atoms. The molecule has 1 aromatic carbocycles. The maximum Gasteiger partial charge on any atom is 0.122 e. The highest BCUT2D eigenvalue weighted by atomic mass is 16.5. The van der Waals surface area contributed by atoms with Crippen molar-refractivity contribution >= 4 is 0 Å². The third-order valence-electron chi connectivity index (χ3n) is 2.95. The molecule has 17 heavy (non-hydrogen) atoms. The Hall–Kier alpha value is -1.02. The summed E-state index contributed by atoms with van der Waals surface area (Å²) in [6, 6.07) is 4.33. The molecule has 2 heteroatoms. The van der Waals surface area contributed by atoms with Gasteiger partial charge in [-0.3, -0.25) is 0 Å². The number of nitrogens with one attached hydrogen (secondary N) is 1. The summed E-state index contributed by atoms with van der Waals surface area (Å²) < 4.78 is 5.84. The van der Waals surface area contributed by atoms with Crippen molar-refractivity contribution in [2.24, 2.45) is 0 Å². The zero-order valence-electron chi connectivity index (χ0n) is 11.6. The van der Waals surface area contributed by atoms with E-state index in [1.54, 1.807) is 0 Å². The minimum atomic E-state index is 0.792. The van der Waals surface area contributed by atoms with Crippen LogP contribution in [0.25, 0.3) is 0 Å². The molecule has 0 bridgehead atoms. The molecule has 0 saturated heterocycles. The highest BCUT2D eigenvalue weighted by molar-refractivity contribution is 5.41. The summed E-state index contributed by atoms with van der Waals surface area (Å²) in [6.45, 7) is 11.5. The van der Waals surface area contributed by atoms with Crippen molar-refractivity contribution in [1.82, 2.24) is 5.32 Å². The van der Waals surface area contributed by atoms with E-state index in [2.05, 4.69) is 45.1 Å². The number of ether oxygens (including phenoxy) is 1. The lowest BCUT2D eigenvalue weighted by Gasteiger charge is -2.12. The second kappa shape index (κ2) is 7.33. The van der Waals surface area contributed by atoms with Crippen molar-refractivity contribution in [2.45, 2.75) is 40.5 Å². The fourth-order valence-electron chi connectivity index (χ4n) is 1.83. The molecule has 0 unspecified atom stereocenters. The smallest absolute Gasteiger partial charge is 0.122 e. The first-order valence-corrected chi connectivity index (χ1v) is 6.56. The van der Waals surface area contributed by atoms with E-state index in [9.17, 15) is 0 Å². The van der Waals surface area contributed by atoms with E-state index in [1.807, 2.05) is 0 Å². The number of hydrogen-bond acceptors (Lipinski definition) is 2. The Kier molecular flexibility index (Phi) is 6.06. The van der Waals surface area contributed by atoms with Crippen LogP contribution < -0.4 is 10.1 Å². The van der Waals surface area contributed by atoms with Crippen LogP contribution in [0.4, 0.5) is 0 Å². The molecule has 0 heterocycles. The van der Waals surface area contributed by atoms with Crippen molar-refractivity contribution in [2.75, 3.05) is 19.7 Å². The van der Waals surface area contributed by atoms with Crippen LogP contribution in [0.5, 0.6) is 5.75 Å². The van der Waals surface area contributed by atoms with Gasteiger partial charge in [-0.25, -0.2) is 0 Å². The largest absolute Gasteiger partial charge is 0.493 e. The van der Waals surface area contributed by atoms with Crippen LogP contribution in [0, 0.1) is 20.8 Å². The fraction of sp³-hybridized carbons (Fsp3) is 0.600. The standard InChI is InChI=1S/C15H25NO/c1-5-7-16-8-6-9-17-15-11-12(2)10-13(3)14(15)4/h10-11,16H,5-9H2,1-4H3. The van der Waals surface area contributed by atoms with E-state index in [0.29, 0.717) is 0 Å². The van der Waals surface area contributed by atoms with Crippen molar-refractivity contribution in [1.29, 1.82) is 0 Å². The van der Waals surface area contributed by atoms with Gasteiger partial charge < -0.3 is 10.1 Å². The van der Waals surface area contributed by atoms with E-state index < -0.39 is 0 Å². The van der Waals surface area contributed by atoms with Gasteiger partial charge in [-0.1, -0.05) is 13.0 Å². The normalized spacial score (nSPS) is 10.6. The molecule has 0 saturated carbocycles. The van der Waals surface area contributed by atoms with Gasteiger partial charge in [0.15, 0.2) is 0 Å². The zero-order chi connectivity index (χ0) is 12.7. The highest BCUT2D eigenvalue weighted by Gasteiger charge is 2.03. The van der Waals surface area contributed by atoms with Gasteiger partial charge in [-0.05, 0) is 69.5 Å². The Bertz CT molecular complexity index is 347. The maximum atomic E-state index is 5.84. The van der Waals surface area contributed by atoms with Crippen LogP contribution in [0.15, 0.2) is 12.1 Å². The molecule has 0 fully saturated rings. The van der Waals surface area contributed by atoms with Gasteiger partial charge >= 0.3 is 0 Å². The number of benzene rings is 1. The van der Waals surface area contributed by atoms with Gasteiger partial charge in [0.05, 0.1) is 6.61 Å². The average Bonchev–Trinajstić information content (AvgIpc) is 2.29. The minimum Gasteiger partial charge on any atom is -0.493 e. The predicted molar refractivity (Wildman–Crippen MR) is 73.9 cm³/mol. The molecule has 0 amide bonds. The summed E-state index contributed by atoms with van der Waals surface area (Å²) in [6.07, 6.45) is 2.25. The highest BCUT2D eigenvalue weighted by Crippen LogP contribution is 2.23. The quantitative estimate of drug-likeness (QED) is 0.732. The van der Waals surface area contributed by atoms with E-state index in [0.717, 1.165) is 31.9 Å². The van der Waals surface area contributed by atoms with Gasteiger partial charge in [0, 0.05) is 0 Å². The molecule has 1 rings (SSSR count). The van der Waals surface area contributed by atoms with Gasteiger partial charge in [-0.2, -0.15) is 0 Å². The molecule has 1 N–H and O–H groups in total. The second-order valence-electron chi connectivity index (χ2n) is 4.66. The number of hydrogen-bond donors (Lipinski definition) is 1. The van der Waals surface area contributed by atoms with Crippen LogP contribution in [-0.2, 0) is 0 Å². The van der Waals surface area contributed by atoms with Crippen molar-refractivity contribution in [3.05, 3.63) is 28.8 Å².